The van der Waals surface area contributed by atoms with Crippen molar-refractivity contribution in [1.29, 1.82) is 0 Å². The molecule has 0 bridgehead atoms. The van der Waals surface area contributed by atoms with E-state index in [-0.39, 0.29) is 5.92 Å². The number of carboxylic acids is 1. The molecule has 2 unspecified atom stereocenters. The van der Waals surface area contributed by atoms with E-state index in [1.165, 1.54) is 11.1 Å². The Morgan fingerprint density at radius 3 is 2.05 bits per heavy atom. The molecule has 2 rings (SSSR count). The summed E-state index contributed by atoms with van der Waals surface area (Å²) in [6.07, 6.45) is 0. The van der Waals surface area contributed by atoms with Gasteiger partial charge in [-0.15, -0.1) is 0 Å². The van der Waals surface area contributed by atoms with Crippen LogP contribution in [0.25, 0.3) is 0 Å². The van der Waals surface area contributed by atoms with E-state index in [2.05, 4.69) is 49.9 Å². The molecule has 0 saturated carbocycles. The van der Waals surface area contributed by atoms with Crippen LogP contribution in [-0.4, -0.2) is 29.1 Å². The first kappa shape index (κ1) is 15.0. The summed E-state index contributed by atoms with van der Waals surface area (Å²) < 4.78 is 0. The molecule has 1 heterocycles. The van der Waals surface area contributed by atoms with Gasteiger partial charge in [0.2, 0.25) is 0 Å². The van der Waals surface area contributed by atoms with E-state index in [1.807, 2.05) is 6.92 Å². The number of hydrogen-bond donors (Lipinski definition) is 1. The van der Waals surface area contributed by atoms with Crippen molar-refractivity contribution in [2.24, 2.45) is 11.8 Å². The van der Waals surface area contributed by atoms with E-state index in [0.29, 0.717) is 17.9 Å². The quantitative estimate of drug-likeness (QED) is 0.893. The van der Waals surface area contributed by atoms with Crippen LogP contribution in [0.4, 0.5) is 0 Å². The molecule has 0 radical (unpaired) electrons. The first-order chi connectivity index (χ1) is 9.40. The number of benzene rings is 1. The van der Waals surface area contributed by atoms with E-state index in [4.69, 9.17) is 5.11 Å². The minimum Gasteiger partial charge on any atom is -0.481 e. The highest BCUT2D eigenvalue weighted by Gasteiger charge is 2.36. The van der Waals surface area contributed by atoms with E-state index in [9.17, 15) is 4.79 Å². The van der Waals surface area contributed by atoms with Crippen LogP contribution in [0.5, 0.6) is 0 Å². The minimum absolute atomic E-state index is 0.234. The number of aliphatic carboxylic acids is 1. The molecule has 110 valence electrons. The molecule has 0 aliphatic carbocycles. The summed E-state index contributed by atoms with van der Waals surface area (Å²) in [7, 11) is 0. The highest BCUT2D eigenvalue weighted by molar-refractivity contribution is 5.70. The highest BCUT2D eigenvalue weighted by Crippen LogP contribution is 2.32. The topological polar surface area (TPSA) is 40.5 Å². The SMILES string of the molecule is CC(C)c1ccc(C(C)N2CC(C(C)C(=O)O)C2)cc1. The number of carbonyl (C=O) groups is 1. The van der Waals surface area contributed by atoms with Crippen molar-refractivity contribution in [3.63, 3.8) is 0 Å². The zero-order valence-corrected chi connectivity index (χ0v) is 12.8. The molecule has 0 aromatic heterocycles. The second-order valence-electron chi connectivity index (χ2n) is 6.34. The molecule has 0 spiro atoms. The van der Waals surface area contributed by atoms with Gasteiger partial charge in [0.15, 0.2) is 0 Å². The second-order valence-corrected chi connectivity index (χ2v) is 6.34. The zero-order valence-electron chi connectivity index (χ0n) is 12.8. The third-order valence-electron chi connectivity index (χ3n) is 4.67. The van der Waals surface area contributed by atoms with Gasteiger partial charge < -0.3 is 5.11 Å². The summed E-state index contributed by atoms with van der Waals surface area (Å²) in [5.41, 5.74) is 2.68. The molecule has 3 heteroatoms. The Bertz CT molecular complexity index is 460. The smallest absolute Gasteiger partial charge is 0.306 e. The van der Waals surface area contributed by atoms with Crippen LogP contribution >= 0.6 is 0 Å². The predicted molar refractivity (Wildman–Crippen MR) is 80.8 cm³/mol. The predicted octanol–water partition coefficient (Wildman–Crippen LogP) is 3.52. The summed E-state index contributed by atoms with van der Waals surface area (Å²) in [6.45, 7) is 10.2. The van der Waals surface area contributed by atoms with Crippen LogP contribution < -0.4 is 0 Å². The van der Waals surface area contributed by atoms with Gasteiger partial charge >= 0.3 is 5.97 Å². The van der Waals surface area contributed by atoms with Crippen LogP contribution in [0.2, 0.25) is 0 Å². The fraction of sp³-hybridized carbons (Fsp3) is 0.588. The van der Waals surface area contributed by atoms with Gasteiger partial charge in [0.05, 0.1) is 5.92 Å². The van der Waals surface area contributed by atoms with Crippen LogP contribution in [0.1, 0.15) is 50.8 Å². The van der Waals surface area contributed by atoms with Gasteiger partial charge in [-0.2, -0.15) is 0 Å². The molecule has 1 aliphatic heterocycles. The molecular formula is C17H25NO2. The summed E-state index contributed by atoms with van der Waals surface area (Å²) in [4.78, 5) is 13.3. The molecule has 2 atom stereocenters. The van der Waals surface area contributed by atoms with Crippen LogP contribution in [-0.2, 0) is 4.79 Å². The summed E-state index contributed by atoms with van der Waals surface area (Å²) in [5, 5.41) is 9.02. The first-order valence-corrected chi connectivity index (χ1v) is 7.47. The molecule has 1 N–H and O–H groups in total. The lowest BCUT2D eigenvalue weighted by atomic mass is 9.85. The average Bonchev–Trinajstić information content (AvgIpc) is 2.36. The fourth-order valence-corrected chi connectivity index (χ4v) is 2.75. The van der Waals surface area contributed by atoms with Crippen molar-refractivity contribution < 1.29 is 9.90 Å². The summed E-state index contributed by atoms with van der Waals surface area (Å²) in [6, 6.07) is 9.18. The monoisotopic (exact) mass is 275 g/mol. The molecule has 3 nitrogen and oxygen atoms in total. The Morgan fingerprint density at radius 1 is 1.10 bits per heavy atom. The Labute approximate surface area is 121 Å². The van der Waals surface area contributed by atoms with Gasteiger partial charge in [0.25, 0.3) is 0 Å². The molecule has 0 amide bonds. The number of likely N-dealkylation sites (tertiary alicyclic amines) is 1. The zero-order chi connectivity index (χ0) is 14.9. The number of carboxylic acid groups (broad SMARTS) is 1. The molecule has 1 fully saturated rings. The minimum atomic E-state index is -0.677. The molecule has 1 saturated heterocycles. The van der Waals surface area contributed by atoms with E-state index < -0.39 is 5.97 Å². The highest BCUT2D eigenvalue weighted by atomic mass is 16.4. The van der Waals surface area contributed by atoms with Crippen molar-refractivity contribution in [3.05, 3.63) is 35.4 Å². The van der Waals surface area contributed by atoms with E-state index in [0.717, 1.165) is 13.1 Å². The molecule has 1 aromatic carbocycles. The third-order valence-corrected chi connectivity index (χ3v) is 4.67. The van der Waals surface area contributed by atoms with E-state index in [1.54, 1.807) is 0 Å². The van der Waals surface area contributed by atoms with Gasteiger partial charge in [-0.3, -0.25) is 9.69 Å². The number of nitrogens with zero attached hydrogens (tertiary/aromatic N) is 1. The molecule has 20 heavy (non-hydrogen) atoms. The Hall–Kier alpha value is -1.35. The second kappa shape index (κ2) is 5.96. The Balaban J connectivity index is 1.93. The van der Waals surface area contributed by atoms with Crippen molar-refractivity contribution >= 4 is 5.97 Å². The van der Waals surface area contributed by atoms with Crippen LogP contribution in [0, 0.1) is 11.8 Å². The van der Waals surface area contributed by atoms with Crippen LogP contribution in [0.15, 0.2) is 24.3 Å². The maximum atomic E-state index is 11.0. The molecule has 1 aromatic rings. The van der Waals surface area contributed by atoms with Gasteiger partial charge in [0, 0.05) is 19.1 Å². The fourth-order valence-electron chi connectivity index (χ4n) is 2.75. The maximum Gasteiger partial charge on any atom is 0.306 e. The summed E-state index contributed by atoms with van der Waals surface area (Å²) in [5.74, 6) is -0.0561. The Morgan fingerprint density at radius 2 is 1.60 bits per heavy atom. The lowest BCUT2D eigenvalue weighted by Gasteiger charge is -2.45. The van der Waals surface area contributed by atoms with Crippen molar-refractivity contribution in [2.75, 3.05) is 13.1 Å². The lowest BCUT2D eigenvalue weighted by Crippen LogP contribution is -2.51. The van der Waals surface area contributed by atoms with E-state index >= 15 is 0 Å². The van der Waals surface area contributed by atoms with Gasteiger partial charge in [-0.1, -0.05) is 45.0 Å². The maximum absolute atomic E-state index is 11.0. The van der Waals surface area contributed by atoms with Gasteiger partial charge in [-0.25, -0.2) is 0 Å². The molecular weight excluding hydrogens is 250 g/mol. The molecule has 1 aliphatic rings. The number of hydrogen-bond acceptors (Lipinski definition) is 2. The van der Waals surface area contributed by atoms with Crippen molar-refractivity contribution in [2.45, 2.75) is 39.7 Å². The van der Waals surface area contributed by atoms with Crippen molar-refractivity contribution in [3.8, 4) is 0 Å². The largest absolute Gasteiger partial charge is 0.481 e. The number of rotatable bonds is 5. The normalized spacial score (nSPS) is 19.6. The lowest BCUT2D eigenvalue weighted by molar-refractivity contribution is -0.146. The average molecular weight is 275 g/mol. The summed E-state index contributed by atoms with van der Waals surface area (Å²) >= 11 is 0. The van der Waals surface area contributed by atoms with Gasteiger partial charge in [0.1, 0.15) is 0 Å². The standard InChI is InChI=1S/C17H25NO2/c1-11(2)14-5-7-15(8-6-14)13(4)18-9-16(10-18)12(3)17(19)20/h5-8,11-13,16H,9-10H2,1-4H3,(H,19,20). The first-order valence-electron chi connectivity index (χ1n) is 7.47. The Kier molecular flexibility index (Phi) is 4.48. The van der Waals surface area contributed by atoms with Crippen LogP contribution in [0.3, 0.4) is 0 Å². The van der Waals surface area contributed by atoms with Crippen molar-refractivity contribution in [1.82, 2.24) is 4.90 Å². The van der Waals surface area contributed by atoms with Gasteiger partial charge in [-0.05, 0) is 29.9 Å². The third kappa shape index (κ3) is 3.04.